The Labute approximate surface area is 189 Å². The molecule has 2 aromatic rings. The number of nitrogens with zero attached hydrogens (tertiary/aromatic N) is 3. The van der Waals surface area contributed by atoms with Crippen molar-refractivity contribution in [3.05, 3.63) is 46.7 Å². The number of hydrogen-bond acceptors (Lipinski definition) is 6. The monoisotopic (exact) mass is 453 g/mol. The SMILES string of the molecule is CN(C)CCc1nc(Nc2cccc(Cl)c2)ncc1C(=O)NCC1CCOCC1.Cl. The molecule has 1 amide bonds. The summed E-state index contributed by atoms with van der Waals surface area (Å²) in [5, 5.41) is 6.84. The summed E-state index contributed by atoms with van der Waals surface area (Å²) in [5.41, 5.74) is 2.05. The highest BCUT2D eigenvalue weighted by molar-refractivity contribution is 6.30. The molecule has 164 valence electrons. The van der Waals surface area contributed by atoms with E-state index in [1.165, 1.54) is 0 Å². The molecule has 0 spiro atoms. The van der Waals surface area contributed by atoms with Crippen molar-refractivity contribution in [3.8, 4) is 0 Å². The smallest absolute Gasteiger partial charge is 0.254 e. The number of amides is 1. The molecule has 0 atom stereocenters. The molecule has 0 saturated carbocycles. The molecule has 1 aromatic heterocycles. The third-order valence-electron chi connectivity index (χ3n) is 4.88. The minimum absolute atomic E-state index is 0. The predicted octanol–water partition coefficient (Wildman–Crippen LogP) is 3.56. The molecule has 1 aromatic carbocycles. The first-order chi connectivity index (χ1) is 14.0. The van der Waals surface area contributed by atoms with Gasteiger partial charge in [-0.15, -0.1) is 12.4 Å². The van der Waals surface area contributed by atoms with Crippen molar-refractivity contribution in [1.29, 1.82) is 0 Å². The number of hydrogen-bond donors (Lipinski definition) is 2. The summed E-state index contributed by atoms with van der Waals surface area (Å²) in [5.74, 6) is 0.782. The van der Waals surface area contributed by atoms with Crippen LogP contribution in [0.5, 0.6) is 0 Å². The highest BCUT2D eigenvalue weighted by Crippen LogP contribution is 2.19. The van der Waals surface area contributed by atoms with E-state index >= 15 is 0 Å². The van der Waals surface area contributed by atoms with E-state index in [0.717, 1.165) is 44.0 Å². The fourth-order valence-electron chi connectivity index (χ4n) is 3.17. The van der Waals surface area contributed by atoms with Crippen LogP contribution >= 0.6 is 24.0 Å². The molecule has 0 radical (unpaired) electrons. The Morgan fingerprint density at radius 2 is 2.07 bits per heavy atom. The van der Waals surface area contributed by atoms with Gasteiger partial charge in [-0.2, -0.15) is 0 Å². The van der Waals surface area contributed by atoms with Crippen LogP contribution in [0.4, 0.5) is 11.6 Å². The van der Waals surface area contributed by atoms with Crippen molar-refractivity contribution >= 4 is 41.6 Å². The van der Waals surface area contributed by atoms with Crippen LogP contribution < -0.4 is 10.6 Å². The molecule has 0 bridgehead atoms. The number of aromatic nitrogens is 2. The molecular weight excluding hydrogens is 425 g/mol. The number of carbonyl (C=O) groups excluding carboxylic acids is 1. The summed E-state index contributed by atoms with van der Waals surface area (Å²) >= 11 is 6.05. The van der Waals surface area contributed by atoms with Crippen LogP contribution in [0.25, 0.3) is 0 Å². The molecule has 3 rings (SSSR count). The summed E-state index contributed by atoms with van der Waals surface area (Å²) in [6.45, 7) is 2.97. The normalized spacial score (nSPS) is 14.3. The van der Waals surface area contributed by atoms with Crippen LogP contribution in [0.1, 0.15) is 28.9 Å². The van der Waals surface area contributed by atoms with E-state index in [0.29, 0.717) is 35.4 Å². The highest BCUT2D eigenvalue weighted by atomic mass is 35.5. The fraction of sp³-hybridized carbons (Fsp3) is 0.476. The van der Waals surface area contributed by atoms with Crippen molar-refractivity contribution in [2.75, 3.05) is 45.7 Å². The molecule has 2 N–H and O–H groups in total. The van der Waals surface area contributed by atoms with Gasteiger partial charge in [-0.05, 0) is 51.1 Å². The first-order valence-corrected chi connectivity index (χ1v) is 10.3. The van der Waals surface area contributed by atoms with Gasteiger partial charge < -0.3 is 20.3 Å². The Morgan fingerprint density at radius 3 is 2.77 bits per heavy atom. The molecule has 1 aliphatic rings. The minimum Gasteiger partial charge on any atom is -0.381 e. The van der Waals surface area contributed by atoms with Gasteiger partial charge in [0.05, 0.1) is 11.3 Å². The van der Waals surface area contributed by atoms with Crippen LogP contribution in [0, 0.1) is 5.92 Å². The third-order valence-corrected chi connectivity index (χ3v) is 5.12. The van der Waals surface area contributed by atoms with E-state index in [1.54, 1.807) is 12.3 Å². The van der Waals surface area contributed by atoms with Gasteiger partial charge >= 0.3 is 0 Å². The standard InChI is InChI=1S/C21H28ClN5O2.ClH/c1-27(2)9-6-19-18(20(28)23-13-15-7-10-29-11-8-15)14-24-21(26-19)25-17-5-3-4-16(22)12-17;/h3-5,12,14-15H,6-11,13H2,1-2H3,(H,23,28)(H,24,25,26);1H. The van der Waals surface area contributed by atoms with Gasteiger partial charge in [0.2, 0.25) is 5.95 Å². The quantitative estimate of drug-likeness (QED) is 0.635. The van der Waals surface area contributed by atoms with E-state index in [9.17, 15) is 4.79 Å². The number of rotatable bonds is 8. The molecule has 1 aliphatic heterocycles. The van der Waals surface area contributed by atoms with Gasteiger partial charge in [0.15, 0.2) is 0 Å². The van der Waals surface area contributed by atoms with Gasteiger partial charge in [-0.3, -0.25) is 4.79 Å². The lowest BCUT2D eigenvalue weighted by atomic mass is 10.0. The van der Waals surface area contributed by atoms with Gasteiger partial charge in [-0.25, -0.2) is 9.97 Å². The van der Waals surface area contributed by atoms with E-state index < -0.39 is 0 Å². The first kappa shape index (κ1) is 24.3. The van der Waals surface area contributed by atoms with Gasteiger partial charge in [0.25, 0.3) is 5.91 Å². The Hall–Kier alpha value is -1.93. The molecular formula is C21H29Cl2N5O2. The minimum atomic E-state index is -0.125. The summed E-state index contributed by atoms with van der Waals surface area (Å²) in [6, 6.07) is 7.36. The Kier molecular flexibility index (Phi) is 9.78. The van der Waals surface area contributed by atoms with Crippen LogP contribution in [0.2, 0.25) is 5.02 Å². The number of likely N-dealkylation sites (N-methyl/N-ethyl adjacent to an activating group) is 1. The van der Waals surface area contributed by atoms with E-state index in [-0.39, 0.29) is 18.3 Å². The molecule has 1 fully saturated rings. The fourth-order valence-corrected chi connectivity index (χ4v) is 3.36. The van der Waals surface area contributed by atoms with Crippen LogP contribution in [-0.2, 0) is 11.2 Å². The van der Waals surface area contributed by atoms with Crippen molar-refractivity contribution in [1.82, 2.24) is 20.2 Å². The Morgan fingerprint density at radius 1 is 1.30 bits per heavy atom. The zero-order valence-electron chi connectivity index (χ0n) is 17.4. The molecule has 9 heteroatoms. The van der Waals surface area contributed by atoms with Gasteiger partial charge in [0, 0.05) is 49.6 Å². The predicted molar refractivity (Wildman–Crippen MR) is 122 cm³/mol. The second-order valence-corrected chi connectivity index (χ2v) is 7.94. The Bertz CT molecular complexity index is 829. The van der Waals surface area contributed by atoms with E-state index in [1.807, 2.05) is 32.3 Å². The molecule has 1 saturated heterocycles. The topological polar surface area (TPSA) is 79.4 Å². The first-order valence-electron chi connectivity index (χ1n) is 9.90. The average Bonchev–Trinajstić information content (AvgIpc) is 2.71. The van der Waals surface area contributed by atoms with Gasteiger partial charge in [0.1, 0.15) is 0 Å². The van der Waals surface area contributed by atoms with Crippen molar-refractivity contribution < 1.29 is 9.53 Å². The van der Waals surface area contributed by atoms with E-state index in [2.05, 4.69) is 25.5 Å². The van der Waals surface area contributed by atoms with Crippen LogP contribution in [0.3, 0.4) is 0 Å². The summed E-state index contributed by atoms with van der Waals surface area (Å²) in [4.78, 5) is 23.8. The zero-order valence-corrected chi connectivity index (χ0v) is 18.9. The largest absolute Gasteiger partial charge is 0.381 e. The summed E-state index contributed by atoms with van der Waals surface area (Å²) in [7, 11) is 3.99. The van der Waals surface area contributed by atoms with Crippen LogP contribution in [-0.4, -0.2) is 61.2 Å². The molecule has 30 heavy (non-hydrogen) atoms. The van der Waals surface area contributed by atoms with Crippen molar-refractivity contribution in [3.63, 3.8) is 0 Å². The average molecular weight is 454 g/mol. The number of nitrogens with one attached hydrogen (secondary N) is 2. The van der Waals surface area contributed by atoms with Crippen LogP contribution in [0.15, 0.2) is 30.5 Å². The molecule has 2 heterocycles. The number of carbonyl (C=O) groups is 1. The number of ether oxygens (including phenoxy) is 1. The molecule has 0 unspecified atom stereocenters. The number of anilines is 2. The summed E-state index contributed by atoms with van der Waals surface area (Å²) in [6.07, 6.45) is 4.21. The highest BCUT2D eigenvalue weighted by Gasteiger charge is 2.18. The molecule has 0 aliphatic carbocycles. The maximum Gasteiger partial charge on any atom is 0.254 e. The van der Waals surface area contributed by atoms with Gasteiger partial charge in [-0.1, -0.05) is 17.7 Å². The molecule has 7 nitrogen and oxygen atoms in total. The van der Waals surface area contributed by atoms with E-state index in [4.69, 9.17) is 16.3 Å². The van der Waals surface area contributed by atoms with Crippen molar-refractivity contribution in [2.24, 2.45) is 5.92 Å². The lowest BCUT2D eigenvalue weighted by molar-refractivity contribution is 0.0642. The summed E-state index contributed by atoms with van der Waals surface area (Å²) < 4.78 is 5.38. The number of benzene rings is 1. The maximum atomic E-state index is 12.8. The second-order valence-electron chi connectivity index (χ2n) is 7.51. The lowest BCUT2D eigenvalue weighted by Gasteiger charge is -2.22. The van der Waals surface area contributed by atoms with Crippen molar-refractivity contribution in [2.45, 2.75) is 19.3 Å². The zero-order chi connectivity index (χ0) is 20.6. The second kappa shape index (κ2) is 12.1. The Balaban J connectivity index is 0.00000320. The maximum absolute atomic E-state index is 12.8. The lowest BCUT2D eigenvalue weighted by Crippen LogP contribution is -2.33. The number of halogens is 2. The third kappa shape index (κ3) is 7.40.